The van der Waals surface area contributed by atoms with Crippen molar-refractivity contribution in [3.63, 3.8) is 0 Å². The number of hydrogen-bond donors (Lipinski definition) is 0. The predicted molar refractivity (Wildman–Crippen MR) is 251 cm³/mol. The molecule has 0 N–H and O–H groups in total. The van der Waals surface area contributed by atoms with Gasteiger partial charge >= 0.3 is 0 Å². The lowest BCUT2D eigenvalue weighted by Crippen LogP contribution is -2.60. The standard InChI is InChI=1S/C54H50BN3/c1-52(2,3)33-20-25-36(26-21-33)56-43-17-11-10-14-40(43)48-45(56)31-29-39-38-15-12-16-41-50(38)58(51(39)48)47-19-13-18-46-49(47)55(41)42-32-35(54(7,8)9)24-30-44(42)57(46)37-27-22-34(23-28-37)53(4,5)6/h10-32H,1-9H3. The van der Waals surface area contributed by atoms with Crippen LogP contribution in [0.5, 0.6) is 0 Å². The molecule has 58 heavy (non-hydrogen) atoms. The molecule has 0 spiro atoms. The largest absolute Gasteiger partial charge is 0.311 e. The molecule has 0 aliphatic carbocycles. The highest BCUT2D eigenvalue weighted by Crippen LogP contribution is 2.45. The topological polar surface area (TPSA) is 13.1 Å². The highest BCUT2D eigenvalue weighted by Gasteiger charge is 2.42. The summed E-state index contributed by atoms with van der Waals surface area (Å²) in [7, 11) is 0. The van der Waals surface area contributed by atoms with Crippen molar-refractivity contribution in [3.8, 4) is 11.4 Å². The second-order valence-electron chi connectivity index (χ2n) is 19.9. The third-order valence-corrected chi connectivity index (χ3v) is 13.2. The monoisotopic (exact) mass is 751 g/mol. The van der Waals surface area contributed by atoms with Crippen LogP contribution in [0.3, 0.4) is 0 Å². The van der Waals surface area contributed by atoms with E-state index in [4.69, 9.17) is 0 Å². The summed E-state index contributed by atoms with van der Waals surface area (Å²) in [5.74, 6) is 0. The van der Waals surface area contributed by atoms with Crippen LogP contribution in [0.15, 0.2) is 140 Å². The minimum atomic E-state index is 0.0104. The molecule has 3 nitrogen and oxygen atoms in total. The van der Waals surface area contributed by atoms with Gasteiger partial charge in [0.05, 0.1) is 16.6 Å². The third kappa shape index (κ3) is 4.87. The fraction of sp³-hybridized carbons (Fsp3) is 0.222. The second-order valence-corrected chi connectivity index (χ2v) is 19.9. The summed E-state index contributed by atoms with van der Waals surface area (Å²) in [4.78, 5) is 2.53. The number of benzene rings is 7. The molecule has 9 aromatic rings. The molecule has 284 valence electrons. The summed E-state index contributed by atoms with van der Waals surface area (Å²) in [5, 5.41) is 5.18. The van der Waals surface area contributed by atoms with Crippen LogP contribution in [-0.4, -0.2) is 15.8 Å². The first-order valence-electron chi connectivity index (χ1n) is 21.0. The van der Waals surface area contributed by atoms with Gasteiger partial charge in [-0.25, -0.2) is 0 Å². The van der Waals surface area contributed by atoms with E-state index in [2.05, 4.69) is 216 Å². The van der Waals surface area contributed by atoms with Crippen molar-refractivity contribution in [1.29, 1.82) is 0 Å². The fourth-order valence-electron chi connectivity index (χ4n) is 10.2. The van der Waals surface area contributed by atoms with Gasteiger partial charge in [0.2, 0.25) is 0 Å². The number of anilines is 3. The summed E-state index contributed by atoms with van der Waals surface area (Å²) >= 11 is 0. The van der Waals surface area contributed by atoms with E-state index in [-0.39, 0.29) is 23.0 Å². The van der Waals surface area contributed by atoms with E-state index in [1.807, 2.05) is 0 Å². The Bertz CT molecular complexity index is 3160. The molecule has 4 heteroatoms. The van der Waals surface area contributed by atoms with Crippen LogP contribution in [0.4, 0.5) is 17.1 Å². The van der Waals surface area contributed by atoms with Crippen LogP contribution in [0.2, 0.25) is 0 Å². The molecule has 0 fully saturated rings. The van der Waals surface area contributed by atoms with Crippen molar-refractivity contribution in [3.05, 3.63) is 156 Å². The van der Waals surface area contributed by atoms with E-state index in [1.165, 1.54) is 105 Å². The molecule has 0 saturated carbocycles. The zero-order valence-corrected chi connectivity index (χ0v) is 35.2. The van der Waals surface area contributed by atoms with Crippen molar-refractivity contribution in [2.75, 3.05) is 4.90 Å². The zero-order valence-electron chi connectivity index (χ0n) is 35.2. The maximum atomic E-state index is 2.64. The van der Waals surface area contributed by atoms with E-state index >= 15 is 0 Å². The number of fused-ring (bicyclic) bond motifs is 11. The second kappa shape index (κ2) is 11.8. The fourth-order valence-corrected chi connectivity index (χ4v) is 10.2. The zero-order chi connectivity index (χ0) is 40.0. The Morgan fingerprint density at radius 2 is 0.983 bits per heavy atom. The summed E-state index contributed by atoms with van der Waals surface area (Å²) in [6, 6.07) is 53.6. The normalized spacial score (nSPS) is 13.9. The Morgan fingerprint density at radius 1 is 0.397 bits per heavy atom. The van der Waals surface area contributed by atoms with E-state index in [0.29, 0.717) is 0 Å². The first kappa shape index (κ1) is 35.2. The maximum absolute atomic E-state index is 2.64. The molecule has 4 heterocycles. The smallest absolute Gasteiger partial charge is 0.252 e. The molecule has 0 unspecified atom stereocenters. The van der Waals surface area contributed by atoms with Gasteiger partial charge in [-0.2, -0.15) is 0 Å². The van der Waals surface area contributed by atoms with E-state index < -0.39 is 0 Å². The summed E-state index contributed by atoms with van der Waals surface area (Å²) in [6.07, 6.45) is 0. The first-order valence-corrected chi connectivity index (χ1v) is 21.0. The van der Waals surface area contributed by atoms with Crippen molar-refractivity contribution in [2.45, 2.75) is 78.6 Å². The predicted octanol–water partition coefficient (Wildman–Crippen LogP) is 12.4. The number of nitrogens with zero attached hydrogens (tertiary/aromatic N) is 3. The molecular weight excluding hydrogens is 701 g/mol. The Kier molecular flexibility index (Phi) is 7.15. The minimum absolute atomic E-state index is 0.0104. The Labute approximate surface area is 342 Å². The lowest BCUT2D eigenvalue weighted by atomic mass is 9.33. The lowest BCUT2D eigenvalue weighted by molar-refractivity contribution is 0.590. The average molecular weight is 752 g/mol. The SMILES string of the molecule is CC(C)(C)c1ccc(N2c3ccc(C(C)(C)C)cc3B3c4c2cccc4-n2c4c3cccc4c3ccc4c(c5ccccc5n4-c4ccc(C(C)(C)C)cc4)c32)cc1. The highest BCUT2D eigenvalue weighted by atomic mass is 15.2. The number of rotatable bonds is 2. The van der Waals surface area contributed by atoms with Crippen LogP contribution in [0.1, 0.15) is 79.0 Å². The van der Waals surface area contributed by atoms with Gasteiger partial charge in [-0.1, -0.05) is 147 Å². The number of hydrogen-bond acceptors (Lipinski definition) is 1. The van der Waals surface area contributed by atoms with Crippen LogP contribution < -0.4 is 21.3 Å². The van der Waals surface area contributed by atoms with Crippen LogP contribution in [0, 0.1) is 0 Å². The summed E-state index contributed by atoms with van der Waals surface area (Å²) in [5.41, 5.74) is 19.5. The molecule has 2 aromatic heterocycles. The van der Waals surface area contributed by atoms with Crippen molar-refractivity contribution in [2.24, 2.45) is 0 Å². The molecule has 0 bridgehead atoms. The number of aromatic nitrogens is 2. The molecule has 0 amide bonds. The third-order valence-electron chi connectivity index (χ3n) is 13.2. The Hall–Kier alpha value is -6.00. The molecule has 0 atom stereocenters. The van der Waals surface area contributed by atoms with Gasteiger partial charge in [-0.3, -0.25) is 0 Å². The van der Waals surface area contributed by atoms with Crippen LogP contribution in [-0.2, 0) is 16.2 Å². The maximum Gasteiger partial charge on any atom is 0.252 e. The van der Waals surface area contributed by atoms with Crippen molar-refractivity contribution in [1.82, 2.24) is 9.13 Å². The van der Waals surface area contributed by atoms with Crippen molar-refractivity contribution < 1.29 is 0 Å². The lowest BCUT2D eigenvalue weighted by Gasteiger charge is -2.41. The molecular formula is C54H50BN3. The highest BCUT2D eigenvalue weighted by molar-refractivity contribution is 7.00. The van der Waals surface area contributed by atoms with Gasteiger partial charge < -0.3 is 14.0 Å². The molecule has 7 aromatic carbocycles. The van der Waals surface area contributed by atoms with Crippen LogP contribution in [0.25, 0.3) is 55.0 Å². The molecule has 0 radical (unpaired) electrons. The molecule has 2 aliphatic rings. The van der Waals surface area contributed by atoms with Gasteiger partial charge in [0.25, 0.3) is 6.71 Å². The van der Waals surface area contributed by atoms with Gasteiger partial charge in [0, 0.05) is 55.5 Å². The van der Waals surface area contributed by atoms with E-state index in [9.17, 15) is 0 Å². The average Bonchev–Trinajstić information content (AvgIpc) is 3.72. The van der Waals surface area contributed by atoms with Crippen molar-refractivity contribution >= 4 is 83.8 Å². The first-order chi connectivity index (χ1) is 27.7. The number of para-hydroxylation sites is 2. The van der Waals surface area contributed by atoms with Gasteiger partial charge in [-0.15, -0.1) is 0 Å². The minimum Gasteiger partial charge on any atom is -0.311 e. The molecule has 11 rings (SSSR count). The Morgan fingerprint density at radius 3 is 1.67 bits per heavy atom. The quantitative estimate of drug-likeness (QED) is 0.160. The summed E-state index contributed by atoms with van der Waals surface area (Å²) < 4.78 is 5.11. The van der Waals surface area contributed by atoms with Crippen LogP contribution >= 0.6 is 0 Å². The van der Waals surface area contributed by atoms with E-state index in [1.54, 1.807) is 0 Å². The summed E-state index contributed by atoms with van der Waals surface area (Å²) in [6.45, 7) is 20.8. The Balaban J connectivity index is 1.25. The van der Waals surface area contributed by atoms with Gasteiger partial charge in [0.1, 0.15) is 0 Å². The van der Waals surface area contributed by atoms with E-state index in [0.717, 1.165) is 0 Å². The van der Waals surface area contributed by atoms with Gasteiger partial charge in [-0.05, 0) is 104 Å². The molecule has 0 saturated heterocycles. The van der Waals surface area contributed by atoms with Gasteiger partial charge in [0.15, 0.2) is 0 Å². The molecule has 2 aliphatic heterocycles.